The topological polar surface area (TPSA) is 118 Å². The lowest BCUT2D eigenvalue weighted by molar-refractivity contribution is 0.0496. The molecule has 0 saturated carbocycles. The van der Waals surface area contributed by atoms with Gasteiger partial charge in [-0.15, -0.1) is 0 Å². The maximum Gasteiger partial charge on any atom is 0.338 e. The highest BCUT2D eigenvalue weighted by atomic mass is 32.2. The third-order valence-corrected chi connectivity index (χ3v) is 4.36. The highest BCUT2D eigenvalue weighted by Gasteiger charge is 2.25. The van der Waals surface area contributed by atoms with Crippen LogP contribution in [0.4, 0.5) is 0 Å². The van der Waals surface area contributed by atoms with Crippen molar-refractivity contribution >= 4 is 22.1 Å². The number of carbonyl (C=O) groups excluding carboxylic acids is 1. The van der Waals surface area contributed by atoms with E-state index in [2.05, 4.69) is 0 Å². The van der Waals surface area contributed by atoms with Crippen molar-refractivity contribution in [2.45, 2.75) is 50.8 Å². The molecule has 0 spiro atoms. The quantitative estimate of drug-likeness (QED) is 0.396. The van der Waals surface area contributed by atoms with Crippen LogP contribution in [0.3, 0.4) is 0 Å². The van der Waals surface area contributed by atoms with E-state index in [4.69, 9.17) is 4.74 Å². The fourth-order valence-electron chi connectivity index (χ4n) is 2.16. The number of unbranched alkanes of at least 4 members (excludes halogenated alkanes) is 2. The maximum atomic E-state index is 12.2. The van der Waals surface area contributed by atoms with E-state index >= 15 is 0 Å². The molecule has 2 N–H and O–H groups in total. The summed E-state index contributed by atoms with van der Waals surface area (Å²) >= 11 is 0. The summed E-state index contributed by atoms with van der Waals surface area (Å²) in [5, 5.41) is 9.19. The molecule has 0 aliphatic rings. The standard InChI is InChI=1S/C16H22O7S/c1-3-5-7-11-9-13(15(17)18)14(24(20,21)22)10-12(11)16(19)23-8-6-4-2/h9-10H,3-8H2,1-2H3,(H,17,18)(H,20,21,22). The number of carbonyl (C=O) groups is 2. The number of carboxylic acid groups (broad SMARTS) is 1. The number of hydrogen-bond donors (Lipinski definition) is 2. The van der Waals surface area contributed by atoms with Crippen LogP contribution in [0.5, 0.6) is 0 Å². The summed E-state index contributed by atoms with van der Waals surface area (Å²) < 4.78 is 37.3. The Labute approximate surface area is 141 Å². The number of rotatable bonds is 9. The lowest BCUT2D eigenvalue weighted by atomic mass is 9.99. The third-order valence-electron chi connectivity index (χ3n) is 3.46. The summed E-state index contributed by atoms with van der Waals surface area (Å²) in [4.78, 5) is 22.7. The van der Waals surface area contributed by atoms with Gasteiger partial charge in [-0.2, -0.15) is 8.42 Å². The van der Waals surface area contributed by atoms with Gasteiger partial charge in [-0.1, -0.05) is 26.7 Å². The van der Waals surface area contributed by atoms with Crippen molar-refractivity contribution in [2.24, 2.45) is 0 Å². The van der Waals surface area contributed by atoms with Gasteiger partial charge in [0.2, 0.25) is 0 Å². The normalized spacial score (nSPS) is 11.3. The monoisotopic (exact) mass is 358 g/mol. The molecule has 0 atom stereocenters. The van der Waals surface area contributed by atoms with Crippen molar-refractivity contribution in [3.8, 4) is 0 Å². The molecule has 0 bridgehead atoms. The van der Waals surface area contributed by atoms with Crippen molar-refractivity contribution in [2.75, 3.05) is 6.61 Å². The fourth-order valence-corrected chi connectivity index (χ4v) is 2.85. The smallest absolute Gasteiger partial charge is 0.338 e. The molecular weight excluding hydrogens is 336 g/mol. The molecule has 7 nitrogen and oxygen atoms in total. The van der Waals surface area contributed by atoms with E-state index < -0.39 is 32.5 Å². The second kappa shape index (κ2) is 8.79. The number of benzene rings is 1. The Hall–Kier alpha value is -1.93. The second-order valence-corrected chi connectivity index (χ2v) is 6.77. The number of aromatic carboxylic acids is 1. The van der Waals surface area contributed by atoms with Crippen molar-refractivity contribution < 1.29 is 32.4 Å². The molecule has 0 fully saturated rings. The molecule has 1 aromatic carbocycles. The Morgan fingerprint density at radius 3 is 2.21 bits per heavy atom. The third kappa shape index (κ3) is 5.31. The first kappa shape index (κ1) is 20.1. The van der Waals surface area contributed by atoms with E-state index in [0.29, 0.717) is 24.8 Å². The highest BCUT2D eigenvalue weighted by Crippen LogP contribution is 2.24. The number of hydrogen-bond acceptors (Lipinski definition) is 5. The first-order valence-corrected chi connectivity index (χ1v) is 9.21. The number of ether oxygens (including phenoxy) is 1. The molecular formula is C16H22O7S. The minimum atomic E-state index is -4.79. The van der Waals surface area contributed by atoms with Gasteiger partial charge in [0.15, 0.2) is 0 Å². The molecule has 0 aliphatic carbocycles. The second-order valence-electron chi connectivity index (χ2n) is 5.38. The molecule has 24 heavy (non-hydrogen) atoms. The molecule has 0 aromatic heterocycles. The predicted octanol–water partition coefficient (Wildman–Crippen LogP) is 2.93. The van der Waals surface area contributed by atoms with E-state index in [1.807, 2.05) is 13.8 Å². The van der Waals surface area contributed by atoms with Crippen LogP contribution in [0.25, 0.3) is 0 Å². The average molecular weight is 358 g/mol. The van der Waals surface area contributed by atoms with E-state index in [-0.39, 0.29) is 12.2 Å². The van der Waals surface area contributed by atoms with Gasteiger partial charge in [0.25, 0.3) is 10.1 Å². The fraction of sp³-hybridized carbons (Fsp3) is 0.500. The molecule has 134 valence electrons. The summed E-state index contributed by atoms with van der Waals surface area (Å²) in [6, 6.07) is 2.01. The Bertz CT molecular complexity index is 707. The van der Waals surface area contributed by atoms with Crippen LogP contribution in [0, 0.1) is 0 Å². The Kier molecular flexibility index (Phi) is 7.37. The van der Waals surface area contributed by atoms with Gasteiger partial charge in [0.1, 0.15) is 4.90 Å². The first-order valence-electron chi connectivity index (χ1n) is 7.77. The summed E-state index contributed by atoms with van der Waals surface area (Å²) in [6.07, 6.45) is 3.39. The van der Waals surface area contributed by atoms with Crippen molar-refractivity contribution in [1.29, 1.82) is 0 Å². The molecule has 0 saturated heterocycles. The van der Waals surface area contributed by atoms with Crippen LogP contribution in [0.15, 0.2) is 17.0 Å². The average Bonchev–Trinajstić information content (AvgIpc) is 2.51. The SMILES string of the molecule is CCCCOC(=O)c1cc(S(=O)(=O)O)c(C(=O)O)cc1CCCC. The molecule has 0 amide bonds. The Balaban J connectivity index is 3.41. The number of aryl methyl sites for hydroxylation is 1. The lowest BCUT2D eigenvalue weighted by Crippen LogP contribution is -2.15. The summed E-state index contributed by atoms with van der Waals surface area (Å²) in [6.45, 7) is 4.05. The predicted molar refractivity (Wildman–Crippen MR) is 87.0 cm³/mol. The van der Waals surface area contributed by atoms with Gasteiger partial charge in [0, 0.05) is 0 Å². The van der Waals surface area contributed by atoms with Crippen LogP contribution in [-0.2, 0) is 21.3 Å². The van der Waals surface area contributed by atoms with Crippen LogP contribution in [-0.4, -0.2) is 36.6 Å². The molecule has 0 heterocycles. The molecule has 1 rings (SSSR count). The number of carboxylic acids is 1. The van der Waals surface area contributed by atoms with Gasteiger partial charge in [-0.05, 0) is 37.0 Å². The zero-order valence-electron chi connectivity index (χ0n) is 13.7. The van der Waals surface area contributed by atoms with Gasteiger partial charge in [-0.25, -0.2) is 9.59 Å². The van der Waals surface area contributed by atoms with E-state index in [9.17, 15) is 27.7 Å². The zero-order valence-corrected chi connectivity index (χ0v) is 14.6. The number of esters is 1. The van der Waals surface area contributed by atoms with Crippen LogP contribution < -0.4 is 0 Å². The van der Waals surface area contributed by atoms with E-state index in [0.717, 1.165) is 25.0 Å². The van der Waals surface area contributed by atoms with E-state index in [1.165, 1.54) is 0 Å². The lowest BCUT2D eigenvalue weighted by Gasteiger charge is -2.13. The minimum Gasteiger partial charge on any atom is -0.478 e. The zero-order chi connectivity index (χ0) is 18.3. The Morgan fingerprint density at radius 1 is 1.08 bits per heavy atom. The van der Waals surface area contributed by atoms with Gasteiger partial charge in [-0.3, -0.25) is 4.55 Å². The molecule has 1 aromatic rings. The molecule has 0 aliphatic heterocycles. The van der Waals surface area contributed by atoms with Gasteiger partial charge >= 0.3 is 11.9 Å². The largest absolute Gasteiger partial charge is 0.478 e. The van der Waals surface area contributed by atoms with Crippen LogP contribution in [0.1, 0.15) is 65.8 Å². The molecule has 8 heteroatoms. The van der Waals surface area contributed by atoms with Crippen molar-refractivity contribution in [3.63, 3.8) is 0 Å². The summed E-state index contributed by atoms with van der Waals surface area (Å²) in [5.74, 6) is -2.22. The molecule has 0 unspecified atom stereocenters. The van der Waals surface area contributed by atoms with Gasteiger partial charge in [0.05, 0.1) is 17.7 Å². The highest BCUT2D eigenvalue weighted by molar-refractivity contribution is 7.86. The van der Waals surface area contributed by atoms with Crippen LogP contribution >= 0.6 is 0 Å². The van der Waals surface area contributed by atoms with E-state index in [1.54, 1.807) is 0 Å². The molecule has 0 radical (unpaired) electrons. The van der Waals surface area contributed by atoms with Crippen molar-refractivity contribution in [3.05, 3.63) is 28.8 Å². The van der Waals surface area contributed by atoms with Crippen LogP contribution in [0.2, 0.25) is 0 Å². The maximum absolute atomic E-state index is 12.2. The minimum absolute atomic E-state index is 0.0304. The summed E-state index contributed by atoms with van der Waals surface area (Å²) in [7, 11) is -4.79. The first-order chi connectivity index (χ1) is 11.2. The van der Waals surface area contributed by atoms with Gasteiger partial charge < -0.3 is 9.84 Å². The van der Waals surface area contributed by atoms with Crippen molar-refractivity contribution in [1.82, 2.24) is 0 Å². The summed E-state index contributed by atoms with van der Waals surface area (Å²) in [5.41, 5.74) is -0.200. The Morgan fingerprint density at radius 2 is 1.71 bits per heavy atom.